The second-order valence-electron chi connectivity index (χ2n) is 5.16. The van der Waals surface area contributed by atoms with Gasteiger partial charge in [-0.1, -0.05) is 11.6 Å². The summed E-state index contributed by atoms with van der Waals surface area (Å²) < 4.78 is 7.00. The molecular weight excluding hydrogens is 344 g/mol. The van der Waals surface area contributed by atoms with E-state index in [1.54, 1.807) is 47.0 Å². The third-order valence-corrected chi connectivity index (χ3v) is 3.58. The van der Waals surface area contributed by atoms with Crippen LogP contribution in [0.4, 0.5) is 11.5 Å². The number of fused-ring (bicyclic) bond motifs is 1. The molecule has 0 atom stereocenters. The van der Waals surface area contributed by atoms with Crippen LogP contribution in [0.2, 0.25) is 5.02 Å². The van der Waals surface area contributed by atoms with Crippen LogP contribution in [0, 0.1) is 0 Å². The monoisotopic (exact) mass is 358 g/mol. The molecule has 0 saturated heterocycles. The Hall–Kier alpha value is -2.93. The summed E-state index contributed by atoms with van der Waals surface area (Å²) in [4.78, 5) is 15.4. The largest absolute Gasteiger partial charge is 0.494 e. The van der Waals surface area contributed by atoms with Gasteiger partial charge in [0.25, 0.3) is 0 Å². The number of carboxylic acid groups (broad SMARTS) is 1. The molecule has 2 aromatic heterocycles. The Morgan fingerprint density at radius 3 is 2.68 bits per heavy atom. The number of pyridine rings is 1. The number of benzene rings is 1. The number of carboxylic acids is 1. The Balaban J connectivity index is 1.98. The molecule has 0 radical (unpaired) electrons. The summed E-state index contributed by atoms with van der Waals surface area (Å²) >= 11 is 6.02. The van der Waals surface area contributed by atoms with Crippen LogP contribution in [0.1, 0.15) is 12.6 Å². The summed E-state index contributed by atoms with van der Waals surface area (Å²) in [7, 11) is 0. The highest BCUT2D eigenvalue weighted by molar-refractivity contribution is 6.30. The zero-order chi connectivity index (χ0) is 17.8. The molecule has 128 valence electrons. The fraction of sp³-hybridized carbons (Fsp3) is 0.176. The van der Waals surface area contributed by atoms with Crippen LogP contribution in [-0.4, -0.2) is 27.1 Å². The summed E-state index contributed by atoms with van der Waals surface area (Å²) in [6.07, 6.45) is 1.37. The molecule has 0 unspecified atom stereocenters. The summed E-state index contributed by atoms with van der Waals surface area (Å²) in [5.74, 6) is 0.0930. The first kappa shape index (κ1) is 16.9. The highest BCUT2D eigenvalue weighted by Crippen LogP contribution is 2.27. The number of nitrogens with zero attached hydrogens (tertiary/aromatic N) is 4. The van der Waals surface area contributed by atoms with Crippen molar-refractivity contribution < 1.29 is 14.6 Å². The first-order valence-electron chi connectivity index (χ1n) is 7.59. The molecule has 0 amide bonds. The van der Waals surface area contributed by atoms with E-state index in [9.17, 15) is 4.79 Å². The van der Waals surface area contributed by atoms with E-state index in [0.29, 0.717) is 34.5 Å². The maximum Gasteiger partial charge on any atom is 0.309 e. The van der Waals surface area contributed by atoms with E-state index in [1.165, 1.54) is 0 Å². The Morgan fingerprint density at radius 1 is 1.24 bits per heavy atom. The molecule has 7 nitrogen and oxygen atoms in total. The van der Waals surface area contributed by atoms with Crippen LogP contribution < -0.4 is 4.74 Å². The van der Waals surface area contributed by atoms with E-state index < -0.39 is 5.97 Å². The average molecular weight is 359 g/mol. The molecule has 25 heavy (non-hydrogen) atoms. The average Bonchev–Trinajstić information content (AvgIpc) is 2.90. The molecule has 0 saturated carbocycles. The van der Waals surface area contributed by atoms with Crippen molar-refractivity contribution in [3.8, 4) is 5.75 Å². The highest BCUT2D eigenvalue weighted by atomic mass is 35.5. The number of ether oxygens (including phenoxy) is 1. The molecule has 0 spiro atoms. The second-order valence-corrected chi connectivity index (χ2v) is 5.59. The minimum Gasteiger partial charge on any atom is -0.494 e. The lowest BCUT2D eigenvalue weighted by molar-refractivity contribution is -0.136. The Labute approximate surface area is 148 Å². The van der Waals surface area contributed by atoms with Gasteiger partial charge in [-0.05, 0) is 43.3 Å². The first-order valence-corrected chi connectivity index (χ1v) is 7.97. The van der Waals surface area contributed by atoms with Crippen LogP contribution in [0.5, 0.6) is 5.75 Å². The van der Waals surface area contributed by atoms with Gasteiger partial charge in [0.1, 0.15) is 11.4 Å². The van der Waals surface area contributed by atoms with Crippen LogP contribution >= 0.6 is 11.6 Å². The Morgan fingerprint density at radius 2 is 2.00 bits per heavy atom. The zero-order valence-corrected chi connectivity index (χ0v) is 14.1. The van der Waals surface area contributed by atoms with Crippen LogP contribution in [0.25, 0.3) is 5.65 Å². The number of rotatable bonds is 6. The van der Waals surface area contributed by atoms with Crippen LogP contribution in [-0.2, 0) is 11.2 Å². The third-order valence-electron chi connectivity index (χ3n) is 3.35. The van der Waals surface area contributed by atoms with Gasteiger partial charge in [0.15, 0.2) is 5.82 Å². The Bertz CT molecular complexity index is 935. The van der Waals surface area contributed by atoms with Crippen molar-refractivity contribution in [1.82, 2.24) is 9.38 Å². The predicted octanol–water partition coefficient (Wildman–Crippen LogP) is 4.43. The lowest BCUT2D eigenvalue weighted by atomic mass is 10.3. The van der Waals surface area contributed by atoms with Gasteiger partial charge in [0.05, 0.1) is 29.4 Å². The molecule has 0 bridgehead atoms. The molecular formula is C17H15ClN4O3. The minimum absolute atomic E-state index is 0.253. The first-order chi connectivity index (χ1) is 12.1. The van der Waals surface area contributed by atoms with Crippen LogP contribution in [0.15, 0.2) is 52.8 Å². The molecule has 0 fully saturated rings. The molecule has 8 heteroatoms. The highest BCUT2D eigenvalue weighted by Gasteiger charge is 2.15. The van der Waals surface area contributed by atoms with E-state index in [-0.39, 0.29) is 6.42 Å². The number of aromatic nitrogens is 2. The summed E-state index contributed by atoms with van der Waals surface area (Å²) in [6, 6.07) is 10.5. The van der Waals surface area contributed by atoms with Crippen molar-refractivity contribution in [2.24, 2.45) is 10.2 Å². The van der Waals surface area contributed by atoms with E-state index in [4.69, 9.17) is 21.4 Å². The van der Waals surface area contributed by atoms with Crippen LogP contribution in [0.3, 0.4) is 0 Å². The number of aliphatic carboxylic acids is 1. The summed E-state index contributed by atoms with van der Waals surface area (Å²) in [6.45, 7) is 2.50. The predicted molar refractivity (Wildman–Crippen MR) is 93.3 cm³/mol. The van der Waals surface area contributed by atoms with Crippen molar-refractivity contribution in [3.05, 3.63) is 53.3 Å². The van der Waals surface area contributed by atoms with Gasteiger partial charge in [-0.15, -0.1) is 10.2 Å². The normalized spacial score (nSPS) is 11.3. The van der Waals surface area contributed by atoms with Gasteiger partial charge in [-0.25, -0.2) is 4.98 Å². The van der Waals surface area contributed by atoms with Gasteiger partial charge in [-0.2, -0.15) is 0 Å². The fourth-order valence-electron chi connectivity index (χ4n) is 2.30. The van der Waals surface area contributed by atoms with Gasteiger partial charge in [-0.3, -0.25) is 9.20 Å². The molecule has 3 aromatic rings. The summed E-state index contributed by atoms with van der Waals surface area (Å²) in [5.41, 5.74) is 1.49. The number of imidazole rings is 1. The van der Waals surface area contributed by atoms with E-state index in [1.807, 2.05) is 6.92 Å². The molecule has 0 aliphatic rings. The number of hydrogen-bond acceptors (Lipinski definition) is 5. The number of azo groups is 1. The number of hydrogen-bond donors (Lipinski definition) is 1. The quantitative estimate of drug-likeness (QED) is 0.660. The van der Waals surface area contributed by atoms with Gasteiger partial charge in [0.2, 0.25) is 0 Å². The fourth-order valence-corrected chi connectivity index (χ4v) is 2.46. The lowest BCUT2D eigenvalue weighted by Crippen LogP contribution is -2.00. The molecule has 1 N–H and O–H groups in total. The SMILES string of the molecule is CCOc1ccc(N=Nc2c(CC(=O)O)nc3ccc(Cl)cn23)cc1. The van der Waals surface area contributed by atoms with Gasteiger partial charge >= 0.3 is 5.97 Å². The van der Waals surface area contributed by atoms with Gasteiger partial charge < -0.3 is 9.84 Å². The number of carbonyl (C=O) groups is 1. The topological polar surface area (TPSA) is 88.5 Å². The van der Waals surface area contributed by atoms with Crippen molar-refractivity contribution in [3.63, 3.8) is 0 Å². The van der Waals surface area contributed by atoms with Crippen molar-refractivity contribution in [1.29, 1.82) is 0 Å². The molecule has 3 rings (SSSR count). The summed E-state index contributed by atoms with van der Waals surface area (Å²) in [5, 5.41) is 17.9. The molecule has 1 aromatic carbocycles. The number of halogens is 1. The second kappa shape index (κ2) is 7.31. The third kappa shape index (κ3) is 3.95. The lowest BCUT2D eigenvalue weighted by Gasteiger charge is -2.02. The van der Waals surface area contributed by atoms with E-state index in [0.717, 1.165) is 5.75 Å². The molecule has 2 heterocycles. The van der Waals surface area contributed by atoms with Crippen molar-refractivity contribution >= 4 is 34.7 Å². The van der Waals surface area contributed by atoms with Gasteiger partial charge in [0, 0.05) is 6.20 Å². The molecule has 0 aliphatic heterocycles. The zero-order valence-electron chi connectivity index (χ0n) is 13.4. The Kier molecular flexibility index (Phi) is 4.95. The standard InChI is InChI=1S/C17H15ClN4O3/c1-2-25-13-6-4-12(5-7-13)20-21-17-14(9-16(23)24)19-15-8-3-11(18)10-22(15)17/h3-8,10H,2,9H2,1H3,(H,23,24). The van der Waals surface area contributed by atoms with E-state index in [2.05, 4.69) is 15.2 Å². The molecule has 0 aliphatic carbocycles. The van der Waals surface area contributed by atoms with E-state index >= 15 is 0 Å². The van der Waals surface area contributed by atoms with Crippen molar-refractivity contribution in [2.45, 2.75) is 13.3 Å². The van der Waals surface area contributed by atoms with Crippen molar-refractivity contribution in [2.75, 3.05) is 6.61 Å². The maximum atomic E-state index is 11.1. The minimum atomic E-state index is -0.993. The maximum absolute atomic E-state index is 11.1. The smallest absolute Gasteiger partial charge is 0.309 e.